The first kappa shape index (κ1) is 24.0. The zero-order valence-corrected chi connectivity index (χ0v) is 19.4. The van der Waals surface area contributed by atoms with Crippen LogP contribution in [0.25, 0.3) is 6.08 Å². The van der Waals surface area contributed by atoms with Crippen molar-refractivity contribution in [2.75, 3.05) is 11.5 Å². The van der Waals surface area contributed by atoms with Gasteiger partial charge in [-0.15, -0.1) is 0 Å². The molecule has 35 heavy (non-hydrogen) atoms. The molecule has 3 aromatic carbocycles. The largest absolute Gasteiger partial charge is 0.490 e. The number of rotatable bonds is 7. The van der Waals surface area contributed by atoms with Crippen molar-refractivity contribution in [1.29, 1.82) is 0 Å². The second kappa shape index (κ2) is 10.4. The summed E-state index contributed by atoms with van der Waals surface area (Å²) in [5.41, 5.74) is 0.834. The molecule has 2 amide bonds. The fourth-order valence-electron chi connectivity index (χ4n) is 3.47. The molecule has 0 spiro atoms. The van der Waals surface area contributed by atoms with Gasteiger partial charge in [-0.05, 0) is 72.7 Å². The van der Waals surface area contributed by atoms with Crippen LogP contribution in [0.2, 0.25) is 0 Å². The number of ether oxygens (including phenoxy) is 2. The highest BCUT2D eigenvalue weighted by Gasteiger charge is 2.35. The van der Waals surface area contributed by atoms with Crippen LogP contribution in [0.3, 0.4) is 0 Å². The van der Waals surface area contributed by atoms with Crippen LogP contribution in [0.4, 0.5) is 14.5 Å². The maximum atomic E-state index is 14.3. The Morgan fingerprint density at radius 1 is 0.971 bits per heavy atom. The topological polar surface area (TPSA) is 67.9 Å². The van der Waals surface area contributed by atoms with Gasteiger partial charge in [-0.25, -0.2) is 13.7 Å². The molecule has 0 radical (unpaired) electrons. The quantitative estimate of drug-likeness (QED) is 0.291. The van der Waals surface area contributed by atoms with Gasteiger partial charge in [-0.3, -0.25) is 14.9 Å². The Balaban J connectivity index is 1.62. The van der Waals surface area contributed by atoms with Crippen molar-refractivity contribution < 1.29 is 27.8 Å². The molecule has 1 saturated heterocycles. The normalized spacial score (nSPS) is 14.8. The Morgan fingerprint density at radius 2 is 1.77 bits per heavy atom. The summed E-state index contributed by atoms with van der Waals surface area (Å²) in [5, 5.41) is 2.22. The number of nitrogens with zero attached hydrogens (tertiary/aromatic N) is 1. The van der Waals surface area contributed by atoms with Gasteiger partial charge in [0.1, 0.15) is 23.8 Å². The lowest BCUT2D eigenvalue weighted by Gasteiger charge is -2.29. The van der Waals surface area contributed by atoms with E-state index in [1.807, 2.05) is 0 Å². The minimum atomic E-state index is -0.756. The third kappa shape index (κ3) is 5.36. The van der Waals surface area contributed by atoms with Gasteiger partial charge in [0, 0.05) is 0 Å². The van der Waals surface area contributed by atoms with Crippen LogP contribution in [0.1, 0.15) is 18.1 Å². The first-order chi connectivity index (χ1) is 16.9. The van der Waals surface area contributed by atoms with Crippen LogP contribution in [-0.2, 0) is 16.2 Å². The zero-order valence-electron chi connectivity index (χ0n) is 18.6. The lowest BCUT2D eigenvalue weighted by atomic mass is 10.1. The fourth-order valence-corrected chi connectivity index (χ4v) is 3.74. The number of benzene rings is 3. The molecule has 178 valence electrons. The van der Waals surface area contributed by atoms with Gasteiger partial charge < -0.3 is 9.47 Å². The summed E-state index contributed by atoms with van der Waals surface area (Å²) in [6, 6.07) is 16.6. The van der Waals surface area contributed by atoms with Crippen LogP contribution >= 0.6 is 12.2 Å². The average molecular weight is 495 g/mol. The second-order valence-electron chi connectivity index (χ2n) is 7.47. The Morgan fingerprint density at radius 3 is 2.51 bits per heavy atom. The molecule has 0 aliphatic carbocycles. The molecule has 9 heteroatoms. The third-order valence-corrected chi connectivity index (χ3v) is 5.34. The molecular weight excluding hydrogens is 474 g/mol. The molecular formula is C26H20F2N2O4S. The van der Waals surface area contributed by atoms with Gasteiger partial charge in [-0.2, -0.15) is 0 Å². The maximum absolute atomic E-state index is 14.3. The van der Waals surface area contributed by atoms with Crippen LogP contribution in [0.15, 0.2) is 72.3 Å². The van der Waals surface area contributed by atoms with Gasteiger partial charge in [0.15, 0.2) is 16.6 Å². The molecule has 1 N–H and O–H groups in total. The first-order valence-electron chi connectivity index (χ1n) is 10.7. The smallest absolute Gasteiger partial charge is 0.270 e. The summed E-state index contributed by atoms with van der Waals surface area (Å²) in [6.45, 7) is 2.26. The number of carbonyl (C=O) groups excluding carboxylic acids is 2. The lowest BCUT2D eigenvalue weighted by molar-refractivity contribution is -0.122. The Labute approximate surface area is 205 Å². The predicted molar refractivity (Wildman–Crippen MR) is 131 cm³/mol. The van der Waals surface area contributed by atoms with Gasteiger partial charge >= 0.3 is 0 Å². The van der Waals surface area contributed by atoms with Crippen molar-refractivity contribution in [3.05, 3.63) is 95.1 Å². The van der Waals surface area contributed by atoms with E-state index in [0.29, 0.717) is 29.2 Å². The van der Waals surface area contributed by atoms with Gasteiger partial charge in [0.25, 0.3) is 11.8 Å². The highest BCUT2D eigenvalue weighted by Crippen LogP contribution is 2.31. The summed E-state index contributed by atoms with van der Waals surface area (Å²) >= 11 is 5.11. The highest BCUT2D eigenvalue weighted by atomic mass is 32.1. The molecule has 0 unspecified atom stereocenters. The number of carbonyl (C=O) groups is 2. The lowest BCUT2D eigenvalue weighted by Crippen LogP contribution is -2.54. The van der Waals surface area contributed by atoms with Crippen LogP contribution in [0.5, 0.6) is 11.5 Å². The molecule has 1 aliphatic rings. The number of para-hydroxylation sites is 1. The fraction of sp³-hybridized carbons (Fsp3) is 0.115. The van der Waals surface area contributed by atoms with E-state index >= 15 is 0 Å². The molecule has 0 aromatic heterocycles. The molecule has 4 rings (SSSR count). The maximum Gasteiger partial charge on any atom is 0.270 e. The minimum Gasteiger partial charge on any atom is -0.490 e. The molecule has 6 nitrogen and oxygen atoms in total. The van der Waals surface area contributed by atoms with E-state index in [0.717, 1.165) is 4.90 Å². The van der Waals surface area contributed by atoms with E-state index in [1.165, 1.54) is 36.4 Å². The number of thiocarbonyl (C=S) groups is 1. The van der Waals surface area contributed by atoms with E-state index < -0.39 is 17.6 Å². The molecule has 0 bridgehead atoms. The molecule has 0 atom stereocenters. The summed E-state index contributed by atoms with van der Waals surface area (Å²) < 4.78 is 39.2. The summed E-state index contributed by atoms with van der Waals surface area (Å²) in [4.78, 5) is 26.6. The van der Waals surface area contributed by atoms with E-state index in [2.05, 4.69) is 5.32 Å². The van der Waals surface area contributed by atoms with Crippen LogP contribution in [-0.4, -0.2) is 23.5 Å². The first-order valence-corrected chi connectivity index (χ1v) is 11.1. The zero-order chi connectivity index (χ0) is 24.9. The van der Waals surface area contributed by atoms with Gasteiger partial charge in [0.05, 0.1) is 12.3 Å². The van der Waals surface area contributed by atoms with Gasteiger partial charge in [-0.1, -0.05) is 30.3 Å². The van der Waals surface area contributed by atoms with E-state index in [4.69, 9.17) is 21.7 Å². The Hall–Kier alpha value is -4.11. The molecule has 3 aromatic rings. The van der Waals surface area contributed by atoms with Crippen molar-refractivity contribution in [2.24, 2.45) is 0 Å². The summed E-state index contributed by atoms with van der Waals surface area (Å²) in [6.07, 6.45) is 1.37. The molecule has 0 saturated carbocycles. The number of hydrogen-bond donors (Lipinski definition) is 1. The Kier molecular flexibility index (Phi) is 7.17. The standard InChI is InChI=1S/C26H20F2N2O4S/c1-2-33-23-14-16(10-11-22(23)34-15-17-6-5-7-18(27)12-17)13-19-24(31)29-26(35)30(25(19)32)21-9-4-3-8-20(21)28/h3-14H,2,15H2,1H3,(H,29,31,35)/b19-13+. The monoisotopic (exact) mass is 494 g/mol. The number of amides is 2. The third-order valence-electron chi connectivity index (χ3n) is 5.06. The van der Waals surface area contributed by atoms with E-state index in [9.17, 15) is 18.4 Å². The highest BCUT2D eigenvalue weighted by molar-refractivity contribution is 7.80. The van der Waals surface area contributed by atoms with Crippen molar-refractivity contribution >= 4 is 40.9 Å². The SMILES string of the molecule is CCOc1cc(/C=C2\C(=O)NC(=S)N(c3ccccc3F)C2=O)ccc1OCc1cccc(F)c1. The van der Waals surface area contributed by atoms with Crippen LogP contribution < -0.4 is 19.7 Å². The molecule has 1 fully saturated rings. The van der Waals surface area contributed by atoms with Crippen molar-refractivity contribution in [2.45, 2.75) is 13.5 Å². The van der Waals surface area contributed by atoms with E-state index in [1.54, 1.807) is 43.3 Å². The summed E-state index contributed by atoms with van der Waals surface area (Å²) in [5.74, 6) is -1.69. The van der Waals surface area contributed by atoms with E-state index in [-0.39, 0.29) is 28.8 Å². The number of hydrogen-bond acceptors (Lipinski definition) is 5. The van der Waals surface area contributed by atoms with Crippen molar-refractivity contribution in [1.82, 2.24) is 5.32 Å². The average Bonchev–Trinajstić information content (AvgIpc) is 2.82. The van der Waals surface area contributed by atoms with Gasteiger partial charge in [0.2, 0.25) is 0 Å². The van der Waals surface area contributed by atoms with Crippen molar-refractivity contribution in [3.63, 3.8) is 0 Å². The number of nitrogens with one attached hydrogen (secondary N) is 1. The van der Waals surface area contributed by atoms with Crippen LogP contribution in [0, 0.1) is 11.6 Å². The molecule has 1 aliphatic heterocycles. The second-order valence-corrected chi connectivity index (χ2v) is 7.85. The Bertz CT molecular complexity index is 1340. The predicted octanol–water partition coefficient (Wildman–Crippen LogP) is 4.77. The number of halogens is 2. The van der Waals surface area contributed by atoms with Crippen molar-refractivity contribution in [3.8, 4) is 11.5 Å². The minimum absolute atomic E-state index is 0.0653. The number of anilines is 1. The molecule has 1 heterocycles. The summed E-state index contributed by atoms with van der Waals surface area (Å²) in [7, 11) is 0.